The molecule has 4 heterocycles. The summed E-state index contributed by atoms with van der Waals surface area (Å²) in [4.78, 5) is 19.1. The van der Waals surface area contributed by atoms with E-state index in [1.165, 1.54) is 24.5 Å². The lowest BCUT2D eigenvalue weighted by atomic mass is 10.1. The van der Waals surface area contributed by atoms with E-state index in [0.29, 0.717) is 13.1 Å². The average molecular weight is 460 g/mol. The molecule has 0 amide bonds. The van der Waals surface area contributed by atoms with Gasteiger partial charge in [0.1, 0.15) is 23.8 Å². The van der Waals surface area contributed by atoms with Crippen molar-refractivity contribution in [2.75, 3.05) is 13.6 Å². The lowest BCUT2D eigenvalue weighted by Crippen LogP contribution is -2.22. The highest BCUT2D eigenvalue weighted by molar-refractivity contribution is 5.77. The smallest absolute Gasteiger partial charge is 0.155 e. The molecule has 172 valence electrons. The molecule has 34 heavy (non-hydrogen) atoms. The van der Waals surface area contributed by atoms with Crippen LogP contribution >= 0.6 is 0 Å². The Morgan fingerprint density at radius 1 is 1.00 bits per heavy atom. The Bertz CT molecular complexity index is 1440. The fraction of sp³-hybridized carbons (Fsp3) is 0.200. The third-order valence-electron chi connectivity index (χ3n) is 5.67. The lowest BCUT2D eigenvalue weighted by Gasteiger charge is -2.15. The van der Waals surface area contributed by atoms with Crippen LogP contribution in [0.3, 0.4) is 0 Å². The van der Waals surface area contributed by atoms with Crippen LogP contribution in [0.4, 0.5) is 8.78 Å². The minimum atomic E-state index is -0.523. The van der Waals surface area contributed by atoms with Crippen molar-refractivity contribution in [3.05, 3.63) is 89.8 Å². The second-order valence-corrected chi connectivity index (χ2v) is 8.24. The zero-order valence-corrected chi connectivity index (χ0v) is 18.8. The van der Waals surface area contributed by atoms with Crippen molar-refractivity contribution in [1.29, 1.82) is 0 Å². The largest absolute Gasteiger partial charge is 0.339 e. The standard InChI is InChI=1S/C25H23F2N7/c1-16-5-3-8-21(30-16)25-24(17-9-10-23-28-15-29-34(23)13-17)31-22(32-25)14-33(2)12-11-18-19(26)6-4-7-20(18)27/h3-10,13,15H,11-12,14H2,1-2H3,(H,31,32). The molecular formula is C25H23F2N7. The summed E-state index contributed by atoms with van der Waals surface area (Å²) in [5.41, 5.74) is 4.94. The van der Waals surface area contributed by atoms with Gasteiger partial charge in [-0.3, -0.25) is 9.88 Å². The first kappa shape index (κ1) is 21.8. The molecule has 0 radical (unpaired) electrons. The number of imidazole rings is 1. The van der Waals surface area contributed by atoms with Gasteiger partial charge in [-0.2, -0.15) is 5.10 Å². The van der Waals surface area contributed by atoms with Gasteiger partial charge in [-0.05, 0) is 56.8 Å². The molecule has 0 spiro atoms. The molecule has 0 fully saturated rings. The van der Waals surface area contributed by atoms with Crippen LogP contribution < -0.4 is 0 Å². The van der Waals surface area contributed by atoms with Crippen LogP contribution in [0.1, 0.15) is 17.1 Å². The maximum absolute atomic E-state index is 14.0. The molecule has 5 aromatic rings. The Labute approximate surface area is 195 Å². The van der Waals surface area contributed by atoms with Gasteiger partial charge >= 0.3 is 0 Å². The molecule has 0 unspecified atom stereocenters. The van der Waals surface area contributed by atoms with E-state index in [4.69, 9.17) is 4.98 Å². The summed E-state index contributed by atoms with van der Waals surface area (Å²) in [7, 11) is 1.90. The van der Waals surface area contributed by atoms with E-state index >= 15 is 0 Å². The van der Waals surface area contributed by atoms with Crippen molar-refractivity contribution in [3.8, 4) is 22.6 Å². The van der Waals surface area contributed by atoms with Gasteiger partial charge in [0, 0.05) is 29.6 Å². The molecule has 4 aromatic heterocycles. The molecular weight excluding hydrogens is 436 g/mol. The Morgan fingerprint density at radius 2 is 1.79 bits per heavy atom. The normalized spacial score (nSPS) is 11.6. The van der Waals surface area contributed by atoms with Crippen LogP contribution in [0.25, 0.3) is 28.3 Å². The maximum Gasteiger partial charge on any atom is 0.155 e. The molecule has 0 saturated heterocycles. The number of fused-ring (bicyclic) bond motifs is 1. The lowest BCUT2D eigenvalue weighted by molar-refractivity contribution is 0.320. The fourth-order valence-corrected chi connectivity index (χ4v) is 3.94. The fourth-order valence-electron chi connectivity index (χ4n) is 3.94. The van der Waals surface area contributed by atoms with Gasteiger partial charge < -0.3 is 4.98 Å². The van der Waals surface area contributed by atoms with Crippen LogP contribution in [0.2, 0.25) is 0 Å². The third kappa shape index (κ3) is 4.42. The number of nitrogens with zero attached hydrogens (tertiary/aromatic N) is 6. The number of benzene rings is 1. The zero-order chi connectivity index (χ0) is 23.7. The van der Waals surface area contributed by atoms with E-state index in [0.717, 1.165) is 39.8 Å². The summed E-state index contributed by atoms with van der Waals surface area (Å²) in [6, 6.07) is 13.6. The van der Waals surface area contributed by atoms with E-state index in [1.54, 1.807) is 4.52 Å². The highest BCUT2D eigenvalue weighted by atomic mass is 19.1. The van der Waals surface area contributed by atoms with Gasteiger partial charge in [0.15, 0.2) is 5.65 Å². The number of rotatable bonds is 7. The van der Waals surface area contributed by atoms with Crippen molar-refractivity contribution >= 4 is 5.65 Å². The molecule has 0 saturated carbocycles. The van der Waals surface area contributed by atoms with E-state index in [2.05, 4.69) is 20.1 Å². The molecule has 0 bridgehead atoms. The molecule has 7 nitrogen and oxygen atoms in total. The predicted octanol–water partition coefficient (Wildman–Crippen LogP) is 4.44. The monoisotopic (exact) mass is 459 g/mol. The zero-order valence-electron chi connectivity index (χ0n) is 18.8. The number of likely N-dealkylation sites (N-methyl/N-ethyl adjacent to an activating group) is 1. The van der Waals surface area contributed by atoms with E-state index in [1.807, 2.05) is 55.4 Å². The number of pyridine rings is 2. The van der Waals surface area contributed by atoms with Crippen molar-refractivity contribution in [2.45, 2.75) is 19.9 Å². The van der Waals surface area contributed by atoms with Gasteiger partial charge in [0.2, 0.25) is 0 Å². The molecule has 9 heteroatoms. The van der Waals surface area contributed by atoms with Crippen molar-refractivity contribution < 1.29 is 8.78 Å². The van der Waals surface area contributed by atoms with Gasteiger partial charge in [0.25, 0.3) is 0 Å². The van der Waals surface area contributed by atoms with E-state index < -0.39 is 11.6 Å². The number of aromatic amines is 1. The third-order valence-corrected chi connectivity index (χ3v) is 5.67. The molecule has 0 aliphatic carbocycles. The molecule has 5 rings (SSSR count). The number of aryl methyl sites for hydroxylation is 1. The average Bonchev–Trinajstić information content (AvgIpc) is 3.45. The Hall–Kier alpha value is -3.98. The van der Waals surface area contributed by atoms with Crippen molar-refractivity contribution in [3.63, 3.8) is 0 Å². The number of halogens is 2. The predicted molar refractivity (Wildman–Crippen MR) is 125 cm³/mol. The maximum atomic E-state index is 14.0. The first-order valence-electron chi connectivity index (χ1n) is 10.9. The molecule has 0 aliphatic heterocycles. The summed E-state index contributed by atoms with van der Waals surface area (Å²) in [5, 5.41) is 4.23. The Balaban J connectivity index is 1.44. The Kier molecular flexibility index (Phi) is 5.85. The number of aromatic nitrogens is 6. The summed E-state index contributed by atoms with van der Waals surface area (Å²) in [6.45, 7) is 2.88. The number of H-pyrrole nitrogens is 1. The topological polar surface area (TPSA) is 75.0 Å². The summed E-state index contributed by atoms with van der Waals surface area (Å²) in [6.07, 6.45) is 3.65. The van der Waals surface area contributed by atoms with Crippen molar-refractivity contribution in [2.24, 2.45) is 0 Å². The van der Waals surface area contributed by atoms with Gasteiger partial charge in [-0.15, -0.1) is 0 Å². The first-order chi connectivity index (χ1) is 16.5. The van der Waals surface area contributed by atoms with Gasteiger partial charge in [-0.25, -0.2) is 23.3 Å². The van der Waals surface area contributed by atoms with Gasteiger partial charge in [-0.1, -0.05) is 12.1 Å². The van der Waals surface area contributed by atoms with E-state index in [-0.39, 0.29) is 12.0 Å². The van der Waals surface area contributed by atoms with Crippen LogP contribution in [0.15, 0.2) is 61.1 Å². The number of hydrogen-bond acceptors (Lipinski definition) is 5. The summed E-state index contributed by atoms with van der Waals surface area (Å²) in [5.74, 6) is -0.321. The SMILES string of the molecule is Cc1cccc(-c2[nH]c(CN(C)CCc3c(F)cccc3F)nc2-c2ccc3ncnn3c2)n1. The molecule has 0 aliphatic rings. The molecule has 1 N–H and O–H groups in total. The highest BCUT2D eigenvalue weighted by Crippen LogP contribution is 2.29. The van der Waals surface area contributed by atoms with Crippen LogP contribution in [0, 0.1) is 18.6 Å². The van der Waals surface area contributed by atoms with E-state index in [9.17, 15) is 8.78 Å². The minimum Gasteiger partial charge on any atom is -0.339 e. The first-order valence-corrected chi connectivity index (χ1v) is 10.9. The molecule has 0 atom stereocenters. The van der Waals surface area contributed by atoms with Crippen LogP contribution in [0.5, 0.6) is 0 Å². The van der Waals surface area contributed by atoms with Crippen molar-refractivity contribution in [1.82, 2.24) is 34.4 Å². The second-order valence-electron chi connectivity index (χ2n) is 8.24. The van der Waals surface area contributed by atoms with Crippen LogP contribution in [-0.2, 0) is 13.0 Å². The molecule has 1 aromatic carbocycles. The highest BCUT2D eigenvalue weighted by Gasteiger charge is 2.18. The second kappa shape index (κ2) is 9.11. The number of nitrogens with one attached hydrogen (secondary N) is 1. The quantitative estimate of drug-likeness (QED) is 0.389. The Morgan fingerprint density at radius 3 is 2.59 bits per heavy atom. The minimum absolute atomic E-state index is 0.0975. The summed E-state index contributed by atoms with van der Waals surface area (Å²) >= 11 is 0. The number of hydrogen-bond donors (Lipinski definition) is 1. The van der Waals surface area contributed by atoms with Crippen LogP contribution in [-0.4, -0.2) is 48.0 Å². The van der Waals surface area contributed by atoms with Gasteiger partial charge in [0.05, 0.1) is 23.6 Å². The summed E-state index contributed by atoms with van der Waals surface area (Å²) < 4.78 is 29.7.